The zero-order valence-corrected chi connectivity index (χ0v) is 10.9. The summed E-state index contributed by atoms with van der Waals surface area (Å²) in [5.74, 6) is 0.660. The predicted molar refractivity (Wildman–Crippen MR) is 65.4 cm³/mol. The fourth-order valence-electron chi connectivity index (χ4n) is 2.17. The molecule has 1 aromatic rings. The molecule has 90 valence electrons. The standard InChI is InChI=1S/C10H16N2O2S2/c1-7-10(12-9(5-11)15-7)8-3-2-4-16(13,14)6-8/h8H,2-6,11H2,1H3. The average Bonchev–Trinajstić information content (AvgIpc) is 2.58. The lowest BCUT2D eigenvalue weighted by atomic mass is 10.0. The maximum atomic E-state index is 11.6. The highest BCUT2D eigenvalue weighted by Crippen LogP contribution is 2.32. The van der Waals surface area contributed by atoms with Crippen LogP contribution in [0.1, 0.15) is 34.3 Å². The SMILES string of the molecule is Cc1sc(CN)nc1C1CCCS(=O)(=O)C1. The summed E-state index contributed by atoms with van der Waals surface area (Å²) in [6.07, 6.45) is 1.68. The van der Waals surface area contributed by atoms with Crippen molar-refractivity contribution in [1.82, 2.24) is 4.98 Å². The first-order chi connectivity index (χ1) is 7.52. The van der Waals surface area contributed by atoms with Gasteiger partial charge in [-0.15, -0.1) is 11.3 Å². The molecule has 1 aromatic heterocycles. The van der Waals surface area contributed by atoms with E-state index in [-0.39, 0.29) is 11.7 Å². The van der Waals surface area contributed by atoms with Gasteiger partial charge in [0.15, 0.2) is 9.84 Å². The number of rotatable bonds is 2. The van der Waals surface area contributed by atoms with Crippen LogP contribution in [0, 0.1) is 6.92 Å². The Kier molecular flexibility index (Phi) is 3.32. The molecular formula is C10H16N2O2S2. The van der Waals surface area contributed by atoms with E-state index >= 15 is 0 Å². The van der Waals surface area contributed by atoms with Crippen LogP contribution in [-0.2, 0) is 16.4 Å². The topological polar surface area (TPSA) is 73.0 Å². The summed E-state index contributed by atoms with van der Waals surface area (Å²) in [5, 5.41) is 0.899. The van der Waals surface area contributed by atoms with Gasteiger partial charge in [-0.25, -0.2) is 13.4 Å². The largest absolute Gasteiger partial charge is 0.325 e. The first kappa shape index (κ1) is 12.0. The zero-order valence-electron chi connectivity index (χ0n) is 9.27. The van der Waals surface area contributed by atoms with Gasteiger partial charge in [0.2, 0.25) is 0 Å². The average molecular weight is 260 g/mol. The number of nitrogens with two attached hydrogens (primary N) is 1. The lowest BCUT2D eigenvalue weighted by molar-refractivity contribution is 0.549. The van der Waals surface area contributed by atoms with E-state index in [1.165, 1.54) is 0 Å². The number of sulfone groups is 1. The van der Waals surface area contributed by atoms with Crippen LogP contribution in [0.25, 0.3) is 0 Å². The van der Waals surface area contributed by atoms with Gasteiger partial charge in [0.1, 0.15) is 5.01 Å². The van der Waals surface area contributed by atoms with E-state index in [0.29, 0.717) is 12.3 Å². The number of thiazole rings is 1. The molecule has 0 saturated carbocycles. The first-order valence-electron chi connectivity index (χ1n) is 5.38. The Morgan fingerprint density at radius 1 is 1.56 bits per heavy atom. The van der Waals surface area contributed by atoms with Gasteiger partial charge in [0.05, 0.1) is 17.2 Å². The molecule has 0 spiro atoms. The number of hydrogen-bond donors (Lipinski definition) is 1. The van der Waals surface area contributed by atoms with Crippen LogP contribution in [0.5, 0.6) is 0 Å². The molecule has 1 unspecified atom stereocenters. The van der Waals surface area contributed by atoms with Crippen LogP contribution < -0.4 is 5.73 Å². The van der Waals surface area contributed by atoms with Gasteiger partial charge in [-0.2, -0.15) is 0 Å². The van der Waals surface area contributed by atoms with Crippen molar-refractivity contribution in [2.24, 2.45) is 5.73 Å². The second-order valence-corrected chi connectivity index (χ2v) is 7.72. The van der Waals surface area contributed by atoms with Gasteiger partial charge in [-0.1, -0.05) is 0 Å². The zero-order chi connectivity index (χ0) is 11.8. The van der Waals surface area contributed by atoms with Crippen molar-refractivity contribution in [3.63, 3.8) is 0 Å². The molecule has 1 saturated heterocycles. The number of aryl methyl sites for hydroxylation is 1. The van der Waals surface area contributed by atoms with E-state index in [1.807, 2.05) is 6.92 Å². The molecule has 6 heteroatoms. The van der Waals surface area contributed by atoms with Crippen LogP contribution in [0.15, 0.2) is 0 Å². The van der Waals surface area contributed by atoms with Gasteiger partial charge in [-0.3, -0.25) is 0 Å². The molecule has 1 fully saturated rings. The third-order valence-corrected chi connectivity index (χ3v) is 5.73. The van der Waals surface area contributed by atoms with E-state index in [0.717, 1.165) is 28.4 Å². The number of nitrogens with zero attached hydrogens (tertiary/aromatic N) is 1. The fourth-order valence-corrected chi connectivity index (χ4v) is 4.78. The van der Waals surface area contributed by atoms with Gasteiger partial charge in [0.25, 0.3) is 0 Å². The van der Waals surface area contributed by atoms with E-state index in [1.54, 1.807) is 11.3 Å². The van der Waals surface area contributed by atoms with E-state index < -0.39 is 9.84 Å². The number of hydrogen-bond acceptors (Lipinski definition) is 5. The van der Waals surface area contributed by atoms with Gasteiger partial charge >= 0.3 is 0 Å². The lowest BCUT2D eigenvalue weighted by Crippen LogP contribution is -2.24. The molecule has 16 heavy (non-hydrogen) atoms. The minimum atomic E-state index is -2.86. The maximum Gasteiger partial charge on any atom is 0.150 e. The summed E-state index contributed by atoms with van der Waals surface area (Å²) in [4.78, 5) is 5.56. The molecular weight excluding hydrogens is 244 g/mol. The molecule has 2 N–H and O–H groups in total. The maximum absolute atomic E-state index is 11.6. The van der Waals surface area contributed by atoms with Crippen LogP contribution >= 0.6 is 11.3 Å². The second-order valence-electron chi connectivity index (χ2n) is 4.21. The quantitative estimate of drug-likeness (QED) is 0.867. The normalized spacial score (nSPS) is 24.5. The molecule has 0 radical (unpaired) electrons. The van der Waals surface area contributed by atoms with Crippen molar-refractivity contribution in [2.45, 2.75) is 32.2 Å². The Labute approximate surface area is 99.8 Å². The third kappa shape index (κ3) is 2.44. The fraction of sp³-hybridized carbons (Fsp3) is 0.700. The summed E-state index contributed by atoms with van der Waals surface area (Å²) in [5.41, 5.74) is 6.50. The Balaban J connectivity index is 2.26. The highest BCUT2D eigenvalue weighted by Gasteiger charge is 2.28. The minimum Gasteiger partial charge on any atom is -0.325 e. The molecule has 4 nitrogen and oxygen atoms in total. The Morgan fingerprint density at radius 2 is 2.31 bits per heavy atom. The highest BCUT2D eigenvalue weighted by atomic mass is 32.2. The highest BCUT2D eigenvalue weighted by molar-refractivity contribution is 7.91. The molecule has 1 aliphatic heterocycles. The molecule has 2 heterocycles. The molecule has 1 aliphatic rings. The summed E-state index contributed by atoms with van der Waals surface area (Å²) in [7, 11) is -2.86. The molecule has 0 aromatic carbocycles. The van der Waals surface area contributed by atoms with E-state index in [4.69, 9.17) is 5.73 Å². The van der Waals surface area contributed by atoms with Crippen molar-refractivity contribution in [2.75, 3.05) is 11.5 Å². The summed E-state index contributed by atoms with van der Waals surface area (Å²) < 4.78 is 23.1. The van der Waals surface area contributed by atoms with Crippen LogP contribution in [-0.4, -0.2) is 24.9 Å². The molecule has 0 amide bonds. The number of aromatic nitrogens is 1. The van der Waals surface area contributed by atoms with E-state index in [2.05, 4.69) is 4.98 Å². The molecule has 2 rings (SSSR count). The van der Waals surface area contributed by atoms with Gasteiger partial charge < -0.3 is 5.73 Å². The van der Waals surface area contributed by atoms with Gasteiger partial charge in [0, 0.05) is 17.3 Å². The van der Waals surface area contributed by atoms with Gasteiger partial charge in [-0.05, 0) is 19.8 Å². The molecule has 0 bridgehead atoms. The smallest absolute Gasteiger partial charge is 0.150 e. The van der Waals surface area contributed by atoms with Crippen molar-refractivity contribution in [3.8, 4) is 0 Å². The Hall–Kier alpha value is -0.460. The van der Waals surface area contributed by atoms with Crippen LogP contribution in [0.4, 0.5) is 0 Å². The monoisotopic (exact) mass is 260 g/mol. The summed E-state index contributed by atoms with van der Waals surface area (Å²) >= 11 is 1.58. The van der Waals surface area contributed by atoms with Crippen molar-refractivity contribution < 1.29 is 8.42 Å². The third-order valence-electron chi connectivity index (χ3n) is 2.90. The Bertz CT molecular complexity index is 479. The summed E-state index contributed by atoms with van der Waals surface area (Å²) in [6.45, 7) is 2.43. The lowest BCUT2D eigenvalue weighted by Gasteiger charge is -2.20. The van der Waals surface area contributed by atoms with Crippen molar-refractivity contribution >= 4 is 21.2 Å². The second kappa shape index (κ2) is 4.43. The van der Waals surface area contributed by atoms with E-state index in [9.17, 15) is 8.42 Å². The Morgan fingerprint density at radius 3 is 2.88 bits per heavy atom. The first-order valence-corrected chi connectivity index (χ1v) is 8.02. The van der Waals surface area contributed by atoms with Crippen LogP contribution in [0.3, 0.4) is 0 Å². The van der Waals surface area contributed by atoms with Crippen molar-refractivity contribution in [1.29, 1.82) is 0 Å². The molecule has 0 aliphatic carbocycles. The van der Waals surface area contributed by atoms with Crippen molar-refractivity contribution in [3.05, 3.63) is 15.6 Å². The minimum absolute atomic E-state index is 0.0790. The van der Waals surface area contributed by atoms with Crippen LogP contribution in [0.2, 0.25) is 0 Å². The predicted octanol–water partition coefficient (Wildman–Crippen LogP) is 1.20. The summed E-state index contributed by atoms with van der Waals surface area (Å²) in [6, 6.07) is 0. The molecule has 1 atom stereocenters.